The second-order valence-corrected chi connectivity index (χ2v) is 8.01. The second-order valence-electron chi connectivity index (χ2n) is 7.10. The van der Waals surface area contributed by atoms with E-state index in [1.807, 2.05) is 20.2 Å². The van der Waals surface area contributed by atoms with Gasteiger partial charge in [0.15, 0.2) is 0 Å². The molecule has 1 aromatic heterocycles. The van der Waals surface area contributed by atoms with Gasteiger partial charge in [0.05, 0.1) is 0 Å². The number of carbonyl (C=O) groups excluding carboxylic acids is 1. The van der Waals surface area contributed by atoms with Crippen molar-refractivity contribution in [2.75, 3.05) is 27.2 Å². The molecule has 148 valence electrons. The van der Waals surface area contributed by atoms with E-state index in [1.165, 1.54) is 27.8 Å². The first-order chi connectivity index (χ1) is 13.5. The smallest absolute Gasteiger partial charge is 0.314 e. The van der Waals surface area contributed by atoms with Crippen molar-refractivity contribution in [2.45, 2.75) is 18.9 Å². The molecule has 0 saturated carbocycles. The van der Waals surface area contributed by atoms with Gasteiger partial charge in [-0.1, -0.05) is 30.3 Å². The van der Waals surface area contributed by atoms with Gasteiger partial charge in [-0.25, -0.2) is 9.18 Å². The summed E-state index contributed by atoms with van der Waals surface area (Å²) < 4.78 is 14.5. The highest BCUT2D eigenvalue weighted by molar-refractivity contribution is 7.17. The fraction of sp³-hybridized carbons (Fsp3) is 0.318. The summed E-state index contributed by atoms with van der Waals surface area (Å²) >= 11 is 1.76. The van der Waals surface area contributed by atoms with Crippen LogP contribution in [-0.2, 0) is 12.8 Å². The fourth-order valence-electron chi connectivity index (χ4n) is 3.17. The summed E-state index contributed by atoms with van der Waals surface area (Å²) in [6, 6.07) is 14.9. The normalized spacial score (nSPS) is 12.3. The van der Waals surface area contributed by atoms with Crippen LogP contribution >= 0.6 is 11.3 Å². The van der Waals surface area contributed by atoms with Crippen molar-refractivity contribution in [3.63, 3.8) is 0 Å². The molecule has 2 amide bonds. The number of likely N-dealkylation sites (N-methyl/N-ethyl adjacent to an activating group) is 1. The van der Waals surface area contributed by atoms with Gasteiger partial charge < -0.3 is 15.5 Å². The molecule has 0 aliphatic heterocycles. The van der Waals surface area contributed by atoms with Crippen LogP contribution in [0.3, 0.4) is 0 Å². The van der Waals surface area contributed by atoms with Gasteiger partial charge in [0, 0.05) is 23.8 Å². The molecule has 0 spiro atoms. The predicted octanol–water partition coefficient (Wildman–Crippen LogP) is 4.06. The first kappa shape index (κ1) is 20.3. The largest absolute Gasteiger partial charge is 0.338 e. The van der Waals surface area contributed by atoms with Crippen LogP contribution in [0.15, 0.2) is 53.9 Å². The lowest BCUT2D eigenvalue weighted by Crippen LogP contribution is -2.45. The third-order valence-corrected chi connectivity index (χ3v) is 5.85. The quantitative estimate of drug-likeness (QED) is 0.600. The van der Waals surface area contributed by atoms with Crippen LogP contribution in [-0.4, -0.2) is 44.2 Å². The number of urea groups is 1. The maximum atomic E-state index is 13.2. The maximum Gasteiger partial charge on any atom is 0.314 e. The Morgan fingerprint density at radius 3 is 2.75 bits per heavy atom. The molecular formula is C22H26FN3OS. The Labute approximate surface area is 169 Å². The molecule has 2 aromatic carbocycles. The Morgan fingerprint density at radius 1 is 1.14 bits per heavy atom. The summed E-state index contributed by atoms with van der Waals surface area (Å²) in [5, 5.41) is 9.30. The van der Waals surface area contributed by atoms with E-state index in [0.717, 1.165) is 12.0 Å². The van der Waals surface area contributed by atoms with E-state index in [2.05, 4.69) is 45.2 Å². The van der Waals surface area contributed by atoms with Crippen molar-refractivity contribution in [2.24, 2.45) is 0 Å². The minimum absolute atomic E-state index is 0.196. The number of nitrogens with one attached hydrogen (secondary N) is 2. The molecule has 0 bridgehead atoms. The number of fused-ring (bicyclic) bond motifs is 1. The van der Waals surface area contributed by atoms with Crippen LogP contribution < -0.4 is 10.6 Å². The van der Waals surface area contributed by atoms with Gasteiger partial charge in [-0.05, 0) is 67.0 Å². The summed E-state index contributed by atoms with van der Waals surface area (Å²) in [5.41, 5.74) is 2.18. The summed E-state index contributed by atoms with van der Waals surface area (Å²) in [7, 11) is 4.06. The van der Waals surface area contributed by atoms with Crippen LogP contribution in [0.1, 0.15) is 11.1 Å². The zero-order valence-electron chi connectivity index (χ0n) is 16.2. The molecule has 0 radical (unpaired) electrons. The van der Waals surface area contributed by atoms with Crippen molar-refractivity contribution in [1.29, 1.82) is 0 Å². The molecule has 2 N–H and O–H groups in total. The second kappa shape index (κ2) is 9.66. The lowest BCUT2D eigenvalue weighted by molar-refractivity contribution is 0.232. The molecule has 6 heteroatoms. The average Bonchev–Trinajstić information content (AvgIpc) is 3.08. The number of halogens is 1. The molecule has 0 fully saturated rings. The van der Waals surface area contributed by atoms with Gasteiger partial charge >= 0.3 is 6.03 Å². The zero-order valence-corrected chi connectivity index (χ0v) is 17.1. The number of hydrogen-bond acceptors (Lipinski definition) is 3. The molecule has 4 nitrogen and oxygen atoms in total. The summed E-state index contributed by atoms with van der Waals surface area (Å²) in [6.07, 6.45) is 1.48. The molecule has 1 heterocycles. The van der Waals surface area contributed by atoms with E-state index in [0.29, 0.717) is 19.5 Å². The van der Waals surface area contributed by atoms with Crippen molar-refractivity contribution in [3.05, 3.63) is 70.9 Å². The predicted molar refractivity (Wildman–Crippen MR) is 115 cm³/mol. The van der Waals surface area contributed by atoms with Gasteiger partial charge in [-0.3, -0.25) is 0 Å². The molecular weight excluding hydrogens is 373 g/mol. The average molecular weight is 400 g/mol. The van der Waals surface area contributed by atoms with E-state index in [4.69, 9.17) is 0 Å². The molecule has 3 rings (SSSR count). The van der Waals surface area contributed by atoms with E-state index in [9.17, 15) is 9.18 Å². The Kier molecular flexibility index (Phi) is 7.01. The van der Waals surface area contributed by atoms with Gasteiger partial charge in [-0.15, -0.1) is 11.3 Å². The third kappa shape index (κ3) is 5.53. The minimum Gasteiger partial charge on any atom is -0.338 e. The fourth-order valence-corrected chi connectivity index (χ4v) is 4.14. The van der Waals surface area contributed by atoms with Gasteiger partial charge in [0.1, 0.15) is 5.82 Å². The molecule has 0 aliphatic rings. The Hall–Kier alpha value is -2.44. The monoisotopic (exact) mass is 399 g/mol. The van der Waals surface area contributed by atoms with E-state index in [1.54, 1.807) is 17.4 Å². The van der Waals surface area contributed by atoms with E-state index < -0.39 is 0 Å². The van der Waals surface area contributed by atoms with Crippen molar-refractivity contribution < 1.29 is 9.18 Å². The highest BCUT2D eigenvalue weighted by Crippen LogP contribution is 2.27. The molecule has 0 saturated heterocycles. The SMILES string of the molecule is CN(C)C(CNC(=O)NCCc1cccc(F)c1)Cc1csc2ccccc12. The van der Waals surface area contributed by atoms with Gasteiger partial charge in [0.2, 0.25) is 0 Å². The van der Waals surface area contributed by atoms with Crippen molar-refractivity contribution in [1.82, 2.24) is 15.5 Å². The van der Waals surface area contributed by atoms with Crippen LogP contribution in [0.5, 0.6) is 0 Å². The van der Waals surface area contributed by atoms with Crippen LogP contribution in [0.2, 0.25) is 0 Å². The number of nitrogens with zero attached hydrogens (tertiary/aromatic N) is 1. The number of thiophene rings is 1. The standard InChI is InChI=1S/C22H26FN3OS/c1-26(2)19(13-17-15-28-21-9-4-3-8-20(17)21)14-25-22(27)24-11-10-16-6-5-7-18(23)12-16/h3-9,12,15,19H,10-11,13-14H2,1-2H3,(H2,24,25,27). The molecule has 1 atom stereocenters. The first-order valence-electron chi connectivity index (χ1n) is 9.40. The van der Waals surface area contributed by atoms with Crippen LogP contribution in [0.25, 0.3) is 10.1 Å². The zero-order chi connectivity index (χ0) is 19.9. The number of hydrogen-bond donors (Lipinski definition) is 2. The van der Waals surface area contributed by atoms with E-state index >= 15 is 0 Å². The van der Waals surface area contributed by atoms with E-state index in [-0.39, 0.29) is 17.9 Å². The minimum atomic E-state index is -0.253. The van der Waals surface area contributed by atoms with Crippen molar-refractivity contribution >= 4 is 27.5 Å². The Bertz CT molecular complexity index is 925. The lowest BCUT2D eigenvalue weighted by Gasteiger charge is -2.24. The van der Waals surface area contributed by atoms with Crippen molar-refractivity contribution in [3.8, 4) is 0 Å². The summed E-state index contributed by atoms with van der Waals surface area (Å²) in [5.74, 6) is -0.253. The Balaban J connectivity index is 1.48. The number of carbonyl (C=O) groups is 1. The summed E-state index contributed by atoms with van der Waals surface area (Å²) in [4.78, 5) is 14.3. The topological polar surface area (TPSA) is 44.4 Å². The molecule has 28 heavy (non-hydrogen) atoms. The first-order valence-corrected chi connectivity index (χ1v) is 10.3. The number of benzene rings is 2. The van der Waals surface area contributed by atoms with Crippen LogP contribution in [0, 0.1) is 5.82 Å². The highest BCUT2D eigenvalue weighted by Gasteiger charge is 2.16. The third-order valence-electron chi connectivity index (χ3n) is 4.83. The molecule has 0 aliphatic carbocycles. The Morgan fingerprint density at radius 2 is 1.96 bits per heavy atom. The van der Waals surface area contributed by atoms with Gasteiger partial charge in [0.25, 0.3) is 0 Å². The number of amides is 2. The lowest BCUT2D eigenvalue weighted by atomic mass is 10.0. The van der Waals surface area contributed by atoms with Crippen LogP contribution in [0.4, 0.5) is 9.18 Å². The van der Waals surface area contributed by atoms with Gasteiger partial charge in [-0.2, -0.15) is 0 Å². The maximum absolute atomic E-state index is 13.2. The molecule has 1 unspecified atom stereocenters. The summed E-state index contributed by atoms with van der Waals surface area (Å²) in [6.45, 7) is 1.03. The highest BCUT2D eigenvalue weighted by atomic mass is 32.1. The number of rotatable bonds is 8. The molecule has 3 aromatic rings.